The van der Waals surface area contributed by atoms with Crippen LogP contribution in [0.4, 0.5) is 0 Å². The number of aromatic nitrogens is 2. The molecule has 0 bridgehead atoms. The summed E-state index contributed by atoms with van der Waals surface area (Å²) >= 11 is 0. The molecule has 8 aromatic carbocycles. The first-order valence-electron chi connectivity index (χ1n) is 23.6. The zero-order valence-corrected chi connectivity index (χ0v) is 44.1. The molecule has 0 saturated heterocycles. The van der Waals surface area contributed by atoms with Gasteiger partial charge in [0, 0.05) is 54.7 Å². The molecule has 0 spiro atoms. The number of para-hydroxylation sites is 2. The Morgan fingerprint density at radius 2 is 0.591 bits per heavy atom. The van der Waals surface area contributed by atoms with Crippen molar-refractivity contribution in [2.24, 2.45) is 0 Å². The Morgan fingerprint density at radius 3 is 0.879 bits per heavy atom. The molecule has 0 unspecified atom stereocenters. The minimum Gasteiger partial charge on any atom is -0.368 e. The van der Waals surface area contributed by atoms with Crippen LogP contribution in [0, 0.1) is 0 Å². The summed E-state index contributed by atoms with van der Waals surface area (Å²) in [6, 6.07) is 74.4. The van der Waals surface area contributed by atoms with E-state index in [4.69, 9.17) is 0 Å². The Bertz CT molecular complexity index is 3070. The summed E-state index contributed by atoms with van der Waals surface area (Å²) < 4.78 is 5.66. The van der Waals surface area contributed by atoms with Crippen LogP contribution in [-0.2, 0) is 0 Å². The fraction of sp³-hybridized carbons (Fsp3) is 0.200. The van der Waals surface area contributed by atoms with E-state index >= 15 is 0 Å². The van der Waals surface area contributed by atoms with Crippen molar-refractivity contribution in [2.45, 2.75) is 77.8 Å². The third kappa shape index (κ3) is 7.19. The third-order valence-corrected chi connectivity index (χ3v) is 30.7. The summed E-state index contributed by atoms with van der Waals surface area (Å²) in [5.41, 5.74) is 8.14. The van der Waals surface area contributed by atoms with Crippen molar-refractivity contribution < 1.29 is 0 Å². The molecule has 0 aliphatic heterocycles. The summed E-state index contributed by atoms with van der Waals surface area (Å²) in [5.74, 6) is 0. The van der Waals surface area contributed by atoms with E-state index in [9.17, 15) is 0 Å². The molecule has 0 aliphatic rings. The van der Waals surface area contributed by atoms with Crippen LogP contribution in [-0.4, -0.2) is 24.9 Å². The number of nitrogens with zero attached hydrogens (tertiary/aromatic N) is 2. The molecule has 2 aromatic heterocycles. The molecule has 10 rings (SSSR count). The predicted molar refractivity (Wildman–Crippen MR) is 300 cm³/mol. The largest absolute Gasteiger partial charge is 0.368 e. The van der Waals surface area contributed by atoms with Gasteiger partial charge in [0.2, 0.25) is 0 Å². The monoisotopic (exact) mass is 928 g/mol. The molecule has 2 heterocycles. The van der Waals surface area contributed by atoms with E-state index < -0.39 is 32.3 Å². The number of fused-ring (bicyclic) bond motifs is 6. The fourth-order valence-corrected chi connectivity index (χ4v) is 19.5. The van der Waals surface area contributed by atoms with E-state index in [1.54, 1.807) is 0 Å². The van der Waals surface area contributed by atoms with Crippen LogP contribution in [0.1, 0.15) is 41.5 Å². The minimum atomic E-state index is -2.21. The Balaban J connectivity index is 1.52. The third-order valence-electron chi connectivity index (χ3n) is 15.2. The Morgan fingerprint density at radius 1 is 0.318 bits per heavy atom. The van der Waals surface area contributed by atoms with Gasteiger partial charge >= 0.3 is 0 Å². The van der Waals surface area contributed by atoms with Crippen molar-refractivity contribution in [3.8, 4) is 11.1 Å². The topological polar surface area (TPSA) is 9.86 Å². The molecular formula is C60H62N2P2Si2. The number of benzene rings is 8. The van der Waals surface area contributed by atoms with Gasteiger partial charge in [-0.25, -0.2) is 0 Å². The second kappa shape index (κ2) is 16.8. The molecule has 0 fully saturated rings. The summed E-state index contributed by atoms with van der Waals surface area (Å²) in [6.45, 7) is 25.1. The second-order valence-electron chi connectivity index (χ2n) is 21.0. The molecule has 0 amide bonds. The Hall–Kier alpha value is -5.35. The van der Waals surface area contributed by atoms with Crippen molar-refractivity contribution in [1.82, 2.24) is 8.47 Å². The molecule has 66 heavy (non-hydrogen) atoms. The number of hydrogen-bond acceptors (Lipinski definition) is 0. The standard InChI is InChI=1S/C60H62N2P2Si2/c1-59(2,3)65(7,8)61-49-37-25-23-35-47(49)55-51(61)39-41-53(63(43-27-15-11-16-28-43)44-29-17-12-18-30-44)57(55)58-54(64(45-31-19-13-20-32-45)46-33-21-14-22-34-46)42-40-52-56(58)48-36-24-26-38-50(48)62(52)66(9,10)60(4,5)6/h11-42H,1-10H3. The van der Waals surface area contributed by atoms with Crippen LogP contribution in [0.3, 0.4) is 0 Å². The summed E-state index contributed by atoms with van der Waals surface area (Å²) in [7, 11) is -6.46. The van der Waals surface area contributed by atoms with Crippen molar-refractivity contribution in [3.05, 3.63) is 194 Å². The number of hydrogen-bond donors (Lipinski definition) is 0. The molecule has 330 valence electrons. The lowest BCUT2D eigenvalue weighted by Gasteiger charge is -2.39. The average Bonchev–Trinajstić information content (AvgIpc) is 3.84. The Labute approximate surface area is 397 Å². The van der Waals surface area contributed by atoms with Crippen LogP contribution in [0.25, 0.3) is 54.7 Å². The van der Waals surface area contributed by atoms with Gasteiger partial charge in [0.15, 0.2) is 16.5 Å². The molecule has 0 saturated carbocycles. The van der Waals surface area contributed by atoms with Crippen molar-refractivity contribution in [2.75, 3.05) is 0 Å². The molecular weight excluding hydrogens is 867 g/mol. The van der Waals surface area contributed by atoms with E-state index in [-0.39, 0.29) is 10.1 Å². The van der Waals surface area contributed by atoms with Gasteiger partial charge in [0.25, 0.3) is 0 Å². The first kappa shape index (κ1) is 44.5. The van der Waals surface area contributed by atoms with Crippen molar-refractivity contribution >= 4 is 108 Å². The summed E-state index contributed by atoms with van der Waals surface area (Å²) in [6.07, 6.45) is 0. The molecule has 10 aromatic rings. The number of rotatable bonds is 9. The highest BCUT2D eigenvalue weighted by Crippen LogP contribution is 2.52. The van der Waals surface area contributed by atoms with Crippen LogP contribution in [0.2, 0.25) is 36.3 Å². The van der Waals surface area contributed by atoms with E-state index in [0.717, 1.165) is 0 Å². The quantitative estimate of drug-likeness (QED) is 0.101. The smallest absolute Gasteiger partial charge is 0.161 e. The molecule has 0 radical (unpaired) electrons. The van der Waals surface area contributed by atoms with Gasteiger partial charge in [0.1, 0.15) is 0 Å². The van der Waals surface area contributed by atoms with Gasteiger partial charge < -0.3 is 8.47 Å². The van der Waals surface area contributed by atoms with Gasteiger partial charge in [-0.2, -0.15) is 0 Å². The lowest BCUT2D eigenvalue weighted by atomic mass is 9.95. The Kier molecular flexibility index (Phi) is 11.3. The summed E-state index contributed by atoms with van der Waals surface area (Å²) in [5, 5.41) is 13.9. The lowest BCUT2D eigenvalue weighted by Crippen LogP contribution is -2.45. The maximum Gasteiger partial charge on any atom is 0.161 e. The van der Waals surface area contributed by atoms with E-state index in [1.807, 2.05) is 0 Å². The molecule has 0 atom stereocenters. The fourth-order valence-electron chi connectivity index (χ4n) is 10.0. The van der Waals surface area contributed by atoms with Crippen molar-refractivity contribution in [3.63, 3.8) is 0 Å². The van der Waals surface area contributed by atoms with Crippen molar-refractivity contribution in [1.29, 1.82) is 0 Å². The van der Waals surface area contributed by atoms with Gasteiger partial charge in [-0.3, -0.25) is 0 Å². The minimum absolute atomic E-state index is 0.0952. The van der Waals surface area contributed by atoms with Gasteiger partial charge in [-0.15, -0.1) is 0 Å². The summed E-state index contributed by atoms with van der Waals surface area (Å²) in [4.78, 5) is 0. The molecule has 0 aliphatic carbocycles. The predicted octanol–water partition coefficient (Wildman–Crippen LogP) is 14.8. The first-order chi connectivity index (χ1) is 31.6. The van der Waals surface area contributed by atoms with E-state index in [2.05, 4.69) is 270 Å². The van der Waals surface area contributed by atoms with E-state index in [0.29, 0.717) is 0 Å². The van der Waals surface area contributed by atoms with Gasteiger partial charge in [0.05, 0.1) is 0 Å². The van der Waals surface area contributed by atoms with Crippen LogP contribution >= 0.6 is 15.8 Å². The van der Waals surface area contributed by atoms with Gasteiger partial charge in [-0.1, -0.05) is 238 Å². The highest BCUT2D eigenvalue weighted by Gasteiger charge is 2.42. The zero-order chi connectivity index (χ0) is 46.2. The van der Waals surface area contributed by atoms with Gasteiger partial charge in [-0.05, 0) is 82.0 Å². The first-order valence-corrected chi connectivity index (χ1v) is 32.1. The van der Waals surface area contributed by atoms with Crippen LogP contribution < -0.4 is 31.8 Å². The van der Waals surface area contributed by atoms with Crippen LogP contribution in [0.5, 0.6) is 0 Å². The lowest BCUT2D eigenvalue weighted by molar-refractivity contribution is 0.705. The maximum absolute atomic E-state index is 2.83. The average molecular weight is 929 g/mol. The second-order valence-corrected chi connectivity index (χ2v) is 35.5. The molecule has 0 N–H and O–H groups in total. The molecule has 2 nitrogen and oxygen atoms in total. The van der Waals surface area contributed by atoms with Crippen LogP contribution in [0.15, 0.2) is 194 Å². The normalized spacial score (nSPS) is 13.0. The SMILES string of the molecule is CC(C)(C)[Si](C)(C)n1c2ccccc2c2c(-c3c(P(c4ccccc4)c4ccccc4)ccc4c3c3ccccc3n4[Si](C)(C)C(C)(C)C)c(P(c3ccccc3)c3ccccc3)ccc21. The maximum atomic E-state index is 2.83. The highest BCUT2D eigenvalue weighted by molar-refractivity contribution is 7.81. The van der Waals surface area contributed by atoms with E-state index in [1.165, 1.54) is 86.6 Å². The zero-order valence-electron chi connectivity index (χ0n) is 40.3. The highest BCUT2D eigenvalue weighted by atomic mass is 31.1. The molecule has 6 heteroatoms.